The number of rotatable bonds is 1. The number of piperidine rings is 1. The van der Waals surface area contributed by atoms with Crippen molar-refractivity contribution in [2.24, 2.45) is 0 Å². The minimum absolute atomic E-state index is 0.206. The van der Waals surface area contributed by atoms with Crippen LogP contribution in [0.2, 0.25) is 0 Å². The summed E-state index contributed by atoms with van der Waals surface area (Å²) in [6, 6.07) is 10.4. The second-order valence-corrected chi connectivity index (χ2v) is 6.73. The number of carbonyl (C=O) groups excluding carboxylic acids is 1. The Balaban J connectivity index is 1.72. The molecule has 0 bridgehead atoms. The fraction of sp³-hybridized carbons (Fsp3) is 0.444. The van der Waals surface area contributed by atoms with E-state index in [1.807, 2.05) is 26.1 Å². The summed E-state index contributed by atoms with van der Waals surface area (Å²) < 4.78 is 5.73. The molecular formula is C18H21N3O2. The molecule has 1 atom stereocenters. The third kappa shape index (κ3) is 2.40. The number of hydrogen-bond donors (Lipinski definition) is 0. The molecule has 120 valence electrons. The third-order valence-electron chi connectivity index (χ3n) is 4.84. The Labute approximate surface area is 135 Å². The molecule has 2 aromatic rings. The third-order valence-corrected chi connectivity index (χ3v) is 4.84. The molecule has 1 aromatic carbocycles. The van der Waals surface area contributed by atoms with Crippen molar-refractivity contribution in [2.45, 2.75) is 25.4 Å². The number of fused-ring (bicyclic) bond motifs is 1. The number of para-hydroxylation sites is 1. The highest BCUT2D eigenvalue weighted by molar-refractivity contribution is 5.92. The number of aromatic nitrogens is 1. The number of carbonyl (C=O) groups is 1. The summed E-state index contributed by atoms with van der Waals surface area (Å²) in [5.74, 6) is 0. The van der Waals surface area contributed by atoms with Crippen molar-refractivity contribution in [2.75, 3.05) is 31.6 Å². The number of benzene rings is 1. The maximum Gasteiger partial charge on any atom is 0.410 e. The van der Waals surface area contributed by atoms with E-state index in [2.05, 4.69) is 28.1 Å². The van der Waals surface area contributed by atoms with Gasteiger partial charge in [-0.2, -0.15) is 0 Å². The lowest BCUT2D eigenvalue weighted by Gasteiger charge is -2.40. The minimum atomic E-state index is -0.373. The molecule has 5 nitrogen and oxygen atoms in total. The summed E-state index contributed by atoms with van der Waals surface area (Å²) in [4.78, 5) is 20.5. The van der Waals surface area contributed by atoms with Crippen LogP contribution in [0.4, 0.5) is 10.5 Å². The summed E-state index contributed by atoms with van der Waals surface area (Å²) in [6.07, 6.45) is 1.75. The zero-order valence-electron chi connectivity index (χ0n) is 13.6. The van der Waals surface area contributed by atoms with Crippen molar-refractivity contribution < 1.29 is 9.53 Å². The number of nitrogens with zero attached hydrogens (tertiary/aromatic N) is 3. The highest BCUT2D eigenvalue weighted by atomic mass is 16.6. The SMILES string of the molecule is Cc1cc(N2CCC[C@@]3(CN(C)C(=O)O3)C2)c2ccccc2n1. The zero-order chi connectivity index (χ0) is 16.0. The average Bonchev–Trinajstić information content (AvgIpc) is 2.80. The van der Waals surface area contributed by atoms with E-state index in [1.165, 1.54) is 5.69 Å². The molecule has 2 aliphatic heterocycles. The molecule has 5 heteroatoms. The van der Waals surface area contributed by atoms with Crippen LogP contribution in [0.15, 0.2) is 30.3 Å². The van der Waals surface area contributed by atoms with E-state index in [9.17, 15) is 4.79 Å². The second-order valence-electron chi connectivity index (χ2n) is 6.73. The van der Waals surface area contributed by atoms with Gasteiger partial charge in [0.1, 0.15) is 5.60 Å². The number of anilines is 1. The van der Waals surface area contributed by atoms with Crippen molar-refractivity contribution in [3.8, 4) is 0 Å². The summed E-state index contributed by atoms with van der Waals surface area (Å²) in [5, 5.41) is 1.16. The molecule has 1 spiro atoms. The smallest absolute Gasteiger partial charge is 0.410 e. The molecular weight excluding hydrogens is 290 g/mol. The maximum absolute atomic E-state index is 11.8. The van der Waals surface area contributed by atoms with E-state index in [1.54, 1.807) is 4.90 Å². The van der Waals surface area contributed by atoms with Gasteiger partial charge in [-0.1, -0.05) is 18.2 Å². The zero-order valence-corrected chi connectivity index (χ0v) is 13.6. The van der Waals surface area contributed by atoms with Crippen LogP contribution in [-0.2, 0) is 4.74 Å². The predicted molar refractivity (Wildman–Crippen MR) is 89.8 cm³/mol. The van der Waals surface area contributed by atoms with Crippen LogP contribution in [0.3, 0.4) is 0 Å². The highest BCUT2D eigenvalue weighted by Gasteiger charge is 2.46. The number of pyridine rings is 1. The monoisotopic (exact) mass is 311 g/mol. The van der Waals surface area contributed by atoms with E-state index in [4.69, 9.17) is 4.74 Å². The van der Waals surface area contributed by atoms with Crippen molar-refractivity contribution in [3.63, 3.8) is 0 Å². The summed E-state index contributed by atoms with van der Waals surface area (Å²) in [5.41, 5.74) is 2.85. The number of likely N-dealkylation sites (N-methyl/N-ethyl adjacent to an activating group) is 1. The molecule has 0 saturated carbocycles. The Hall–Kier alpha value is -2.30. The first-order chi connectivity index (χ1) is 11.1. The normalized spacial score (nSPS) is 24.5. The Kier molecular flexibility index (Phi) is 3.18. The summed E-state index contributed by atoms with van der Waals surface area (Å²) in [7, 11) is 1.81. The van der Waals surface area contributed by atoms with Crippen LogP contribution in [-0.4, -0.2) is 48.3 Å². The first kappa shape index (κ1) is 14.3. The molecule has 1 amide bonds. The highest BCUT2D eigenvalue weighted by Crippen LogP contribution is 2.36. The van der Waals surface area contributed by atoms with Gasteiger partial charge < -0.3 is 14.5 Å². The van der Waals surface area contributed by atoms with Crippen LogP contribution in [0.25, 0.3) is 10.9 Å². The Bertz CT molecular complexity index is 776. The second kappa shape index (κ2) is 5.11. The fourth-order valence-electron chi connectivity index (χ4n) is 3.86. The number of amides is 1. The molecule has 0 radical (unpaired) electrons. The van der Waals surface area contributed by atoms with E-state index in [0.717, 1.165) is 42.5 Å². The molecule has 2 aliphatic rings. The van der Waals surface area contributed by atoms with E-state index >= 15 is 0 Å². The summed E-state index contributed by atoms with van der Waals surface area (Å²) in [6.45, 7) is 4.43. The van der Waals surface area contributed by atoms with Crippen molar-refractivity contribution in [1.29, 1.82) is 0 Å². The molecule has 2 fully saturated rings. The van der Waals surface area contributed by atoms with E-state index < -0.39 is 0 Å². The van der Waals surface area contributed by atoms with E-state index in [-0.39, 0.29) is 11.7 Å². The van der Waals surface area contributed by atoms with Gasteiger partial charge >= 0.3 is 6.09 Å². The van der Waals surface area contributed by atoms with Gasteiger partial charge in [-0.15, -0.1) is 0 Å². The molecule has 2 saturated heterocycles. The fourth-order valence-corrected chi connectivity index (χ4v) is 3.86. The van der Waals surface area contributed by atoms with Crippen LogP contribution < -0.4 is 4.90 Å². The van der Waals surface area contributed by atoms with Crippen molar-refractivity contribution in [3.05, 3.63) is 36.0 Å². The quantitative estimate of drug-likeness (QED) is 0.812. The molecule has 4 rings (SSSR count). The molecule has 0 N–H and O–H groups in total. The molecule has 23 heavy (non-hydrogen) atoms. The lowest BCUT2D eigenvalue weighted by Crippen LogP contribution is -2.50. The maximum atomic E-state index is 11.8. The van der Waals surface area contributed by atoms with Gasteiger partial charge in [0.2, 0.25) is 0 Å². The molecule has 1 aromatic heterocycles. The van der Waals surface area contributed by atoms with Crippen LogP contribution in [0.1, 0.15) is 18.5 Å². The van der Waals surface area contributed by atoms with Crippen molar-refractivity contribution in [1.82, 2.24) is 9.88 Å². The minimum Gasteiger partial charge on any atom is -0.439 e. The lowest BCUT2D eigenvalue weighted by atomic mass is 9.92. The van der Waals surface area contributed by atoms with Crippen LogP contribution in [0, 0.1) is 6.92 Å². The van der Waals surface area contributed by atoms with E-state index in [0.29, 0.717) is 6.54 Å². The van der Waals surface area contributed by atoms with Gasteiger partial charge in [-0.05, 0) is 31.9 Å². The predicted octanol–water partition coefficient (Wildman–Crippen LogP) is 2.96. The number of hydrogen-bond acceptors (Lipinski definition) is 4. The van der Waals surface area contributed by atoms with Gasteiger partial charge in [0.15, 0.2) is 0 Å². The Morgan fingerprint density at radius 2 is 2.09 bits per heavy atom. The van der Waals surface area contributed by atoms with Crippen LogP contribution in [0.5, 0.6) is 0 Å². The van der Waals surface area contributed by atoms with Gasteiger partial charge in [0, 0.05) is 30.4 Å². The van der Waals surface area contributed by atoms with Crippen LogP contribution >= 0.6 is 0 Å². The van der Waals surface area contributed by atoms with Gasteiger partial charge in [-0.3, -0.25) is 4.98 Å². The molecule has 0 unspecified atom stereocenters. The van der Waals surface area contributed by atoms with Gasteiger partial charge in [-0.25, -0.2) is 4.79 Å². The Morgan fingerprint density at radius 3 is 2.87 bits per heavy atom. The summed E-state index contributed by atoms with van der Waals surface area (Å²) >= 11 is 0. The lowest BCUT2D eigenvalue weighted by molar-refractivity contribution is 0.0448. The standard InChI is InChI=1S/C18H21N3O2/c1-13-10-16(14-6-3-4-7-15(14)19-13)21-9-5-8-18(12-21)11-20(2)17(22)23-18/h3-4,6-7,10H,5,8-9,11-12H2,1-2H3/t18-/m1/s1. The first-order valence-electron chi connectivity index (χ1n) is 8.12. The van der Waals surface area contributed by atoms with Gasteiger partial charge in [0.25, 0.3) is 0 Å². The number of aryl methyl sites for hydroxylation is 1. The number of ether oxygens (including phenoxy) is 1. The average molecular weight is 311 g/mol. The topological polar surface area (TPSA) is 45.7 Å². The Morgan fingerprint density at radius 1 is 1.26 bits per heavy atom. The van der Waals surface area contributed by atoms with Crippen molar-refractivity contribution >= 4 is 22.7 Å². The first-order valence-corrected chi connectivity index (χ1v) is 8.12. The van der Waals surface area contributed by atoms with Gasteiger partial charge in [0.05, 0.1) is 18.6 Å². The molecule has 3 heterocycles. The molecule has 0 aliphatic carbocycles. The largest absolute Gasteiger partial charge is 0.439 e.